The van der Waals surface area contributed by atoms with Crippen LogP contribution in [0.1, 0.15) is 11.4 Å². The Bertz CT molecular complexity index is 530. The topological polar surface area (TPSA) is 60.2 Å². The highest BCUT2D eigenvalue weighted by molar-refractivity contribution is 9.10. The van der Waals surface area contributed by atoms with Crippen molar-refractivity contribution in [2.75, 3.05) is 6.54 Å². The van der Waals surface area contributed by atoms with E-state index in [1.165, 1.54) is 12.0 Å². The summed E-state index contributed by atoms with van der Waals surface area (Å²) in [6, 6.07) is 6.10. The van der Waals surface area contributed by atoms with Crippen LogP contribution in [0.2, 0.25) is 0 Å². The number of benzene rings is 1. The minimum absolute atomic E-state index is 0.168. The van der Waals surface area contributed by atoms with Crippen molar-refractivity contribution in [1.29, 1.82) is 0 Å². The summed E-state index contributed by atoms with van der Waals surface area (Å²) in [4.78, 5) is 3.94. The monoisotopic (exact) mass is 309 g/mol. The number of nitrogens with one attached hydrogen (secondary N) is 1. The van der Waals surface area contributed by atoms with Crippen LogP contribution in [0.5, 0.6) is 5.75 Å². The van der Waals surface area contributed by atoms with Gasteiger partial charge in [0.25, 0.3) is 0 Å². The molecule has 1 atom stereocenters. The fourth-order valence-electron chi connectivity index (χ4n) is 2.02. The molecule has 0 amide bonds. The second kappa shape index (κ2) is 5.07. The Labute approximate surface area is 113 Å². The first kappa shape index (κ1) is 11.7. The zero-order chi connectivity index (χ0) is 12.4. The third-order valence-electron chi connectivity index (χ3n) is 2.83. The van der Waals surface area contributed by atoms with Gasteiger partial charge in [-0.3, -0.25) is 0 Å². The van der Waals surface area contributed by atoms with Crippen LogP contribution in [0.3, 0.4) is 0 Å². The average Bonchev–Trinajstić information content (AvgIpc) is 2.97. The largest absolute Gasteiger partial charge is 0.488 e. The van der Waals surface area contributed by atoms with Crippen LogP contribution in [0, 0.1) is 0 Å². The van der Waals surface area contributed by atoms with Gasteiger partial charge in [0.05, 0.1) is 6.54 Å². The SMILES string of the molecule is Brc1ccc2c(c1)CC(CNCc1ncon1)O2. The van der Waals surface area contributed by atoms with Gasteiger partial charge in [0.2, 0.25) is 6.39 Å². The smallest absolute Gasteiger partial charge is 0.213 e. The van der Waals surface area contributed by atoms with Crippen molar-refractivity contribution < 1.29 is 9.26 Å². The van der Waals surface area contributed by atoms with Gasteiger partial charge in [-0.15, -0.1) is 0 Å². The Morgan fingerprint density at radius 1 is 1.44 bits per heavy atom. The molecule has 5 nitrogen and oxygen atoms in total. The van der Waals surface area contributed by atoms with Crippen LogP contribution < -0.4 is 10.1 Å². The number of fused-ring (bicyclic) bond motifs is 1. The molecule has 0 saturated heterocycles. The van der Waals surface area contributed by atoms with Crippen molar-refractivity contribution in [3.05, 3.63) is 40.5 Å². The summed E-state index contributed by atoms with van der Waals surface area (Å²) in [6.45, 7) is 1.36. The predicted octanol–water partition coefficient (Wildman–Crippen LogP) is 1.93. The van der Waals surface area contributed by atoms with E-state index in [2.05, 4.69) is 42.0 Å². The molecule has 0 fully saturated rings. The van der Waals surface area contributed by atoms with Gasteiger partial charge in [-0.1, -0.05) is 21.1 Å². The first-order chi connectivity index (χ1) is 8.81. The van der Waals surface area contributed by atoms with Gasteiger partial charge in [-0.25, -0.2) is 0 Å². The Morgan fingerprint density at radius 3 is 3.22 bits per heavy atom. The number of aromatic nitrogens is 2. The highest BCUT2D eigenvalue weighted by atomic mass is 79.9. The highest BCUT2D eigenvalue weighted by Crippen LogP contribution is 2.30. The lowest BCUT2D eigenvalue weighted by molar-refractivity contribution is 0.226. The van der Waals surface area contributed by atoms with E-state index in [1.54, 1.807) is 0 Å². The Hall–Kier alpha value is -1.40. The van der Waals surface area contributed by atoms with Crippen molar-refractivity contribution in [3.63, 3.8) is 0 Å². The van der Waals surface area contributed by atoms with Gasteiger partial charge in [-0.05, 0) is 23.8 Å². The lowest BCUT2D eigenvalue weighted by Crippen LogP contribution is -2.30. The zero-order valence-corrected chi connectivity index (χ0v) is 11.2. The molecule has 1 aromatic heterocycles. The molecule has 1 aromatic carbocycles. The highest BCUT2D eigenvalue weighted by Gasteiger charge is 2.22. The molecular formula is C12H12BrN3O2. The molecule has 2 heterocycles. The van der Waals surface area contributed by atoms with Crippen LogP contribution in [0.4, 0.5) is 0 Å². The normalized spacial score (nSPS) is 17.5. The number of hydrogen-bond donors (Lipinski definition) is 1. The van der Waals surface area contributed by atoms with Crippen LogP contribution in [0.15, 0.2) is 33.6 Å². The molecule has 0 saturated carbocycles. The Balaban J connectivity index is 1.52. The Morgan fingerprint density at radius 2 is 2.39 bits per heavy atom. The quantitative estimate of drug-likeness (QED) is 0.935. The molecule has 18 heavy (non-hydrogen) atoms. The number of nitrogens with zero attached hydrogens (tertiary/aromatic N) is 2. The summed E-state index contributed by atoms with van der Waals surface area (Å²) in [5, 5.41) is 6.99. The third kappa shape index (κ3) is 2.54. The minimum Gasteiger partial charge on any atom is -0.488 e. The third-order valence-corrected chi connectivity index (χ3v) is 3.32. The second-order valence-corrected chi connectivity index (χ2v) is 5.09. The minimum atomic E-state index is 0.168. The zero-order valence-electron chi connectivity index (χ0n) is 9.60. The summed E-state index contributed by atoms with van der Waals surface area (Å²) in [5.41, 5.74) is 1.25. The van der Waals surface area contributed by atoms with Crippen molar-refractivity contribution in [3.8, 4) is 5.75 Å². The van der Waals surface area contributed by atoms with Gasteiger partial charge in [-0.2, -0.15) is 4.98 Å². The Kier molecular flexibility index (Phi) is 3.29. The molecule has 6 heteroatoms. The molecule has 1 aliphatic rings. The van der Waals surface area contributed by atoms with E-state index < -0.39 is 0 Å². The number of rotatable bonds is 4. The first-order valence-electron chi connectivity index (χ1n) is 5.72. The maximum Gasteiger partial charge on any atom is 0.213 e. The first-order valence-corrected chi connectivity index (χ1v) is 6.51. The molecular weight excluding hydrogens is 298 g/mol. The van der Waals surface area contributed by atoms with Crippen LogP contribution in [0.25, 0.3) is 0 Å². The van der Waals surface area contributed by atoms with Crippen molar-refractivity contribution >= 4 is 15.9 Å². The maximum absolute atomic E-state index is 5.83. The summed E-state index contributed by atoms with van der Waals surface area (Å²) in [7, 11) is 0. The molecule has 0 spiro atoms. The molecule has 0 radical (unpaired) electrons. The van der Waals surface area contributed by atoms with E-state index in [4.69, 9.17) is 4.74 Å². The fraction of sp³-hybridized carbons (Fsp3) is 0.333. The number of ether oxygens (including phenoxy) is 1. The van der Waals surface area contributed by atoms with Crippen LogP contribution in [-0.4, -0.2) is 22.8 Å². The molecule has 3 rings (SSSR count). The molecule has 0 aliphatic carbocycles. The lowest BCUT2D eigenvalue weighted by Gasteiger charge is -2.10. The fourth-order valence-corrected chi connectivity index (χ4v) is 2.43. The van der Waals surface area contributed by atoms with Gasteiger partial charge in [0.1, 0.15) is 11.9 Å². The number of hydrogen-bond acceptors (Lipinski definition) is 5. The molecule has 1 N–H and O–H groups in total. The van der Waals surface area contributed by atoms with E-state index in [0.717, 1.165) is 23.2 Å². The van der Waals surface area contributed by atoms with E-state index >= 15 is 0 Å². The second-order valence-electron chi connectivity index (χ2n) is 4.17. The molecule has 0 bridgehead atoms. The van der Waals surface area contributed by atoms with E-state index in [-0.39, 0.29) is 6.10 Å². The summed E-state index contributed by atoms with van der Waals surface area (Å²) < 4.78 is 11.6. The standard InChI is InChI=1S/C12H12BrN3O2/c13-9-1-2-11-8(3-9)4-10(18-11)5-14-6-12-15-7-17-16-12/h1-3,7,10,14H,4-6H2. The van der Waals surface area contributed by atoms with Crippen LogP contribution in [-0.2, 0) is 13.0 Å². The predicted molar refractivity (Wildman–Crippen MR) is 68.3 cm³/mol. The summed E-state index contributed by atoms with van der Waals surface area (Å²) >= 11 is 3.47. The van der Waals surface area contributed by atoms with Gasteiger partial charge >= 0.3 is 0 Å². The number of halogens is 1. The molecule has 1 unspecified atom stereocenters. The van der Waals surface area contributed by atoms with E-state index in [9.17, 15) is 0 Å². The van der Waals surface area contributed by atoms with Gasteiger partial charge in [0, 0.05) is 17.4 Å². The summed E-state index contributed by atoms with van der Waals surface area (Å²) in [6.07, 6.45) is 2.42. The van der Waals surface area contributed by atoms with Gasteiger partial charge < -0.3 is 14.6 Å². The van der Waals surface area contributed by atoms with Crippen molar-refractivity contribution in [2.45, 2.75) is 19.1 Å². The molecule has 94 valence electrons. The van der Waals surface area contributed by atoms with Gasteiger partial charge in [0.15, 0.2) is 5.82 Å². The molecule has 1 aliphatic heterocycles. The molecule has 2 aromatic rings. The van der Waals surface area contributed by atoms with Crippen LogP contribution >= 0.6 is 15.9 Å². The van der Waals surface area contributed by atoms with E-state index in [1.807, 2.05) is 12.1 Å². The maximum atomic E-state index is 5.83. The van der Waals surface area contributed by atoms with E-state index in [0.29, 0.717) is 12.4 Å². The van der Waals surface area contributed by atoms with Crippen molar-refractivity contribution in [2.24, 2.45) is 0 Å². The lowest BCUT2D eigenvalue weighted by atomic mass is 10.1. The summed E-state index contributed by atoms with van der Waals surface area (Å²) in [5.74, 6) is 1.64. The average molecular weight is 310 g/mol. The van der Waals surface area contributed by atoms with Crippen molar-refractivity contribution in [1.82, 2.24) is 15.5 Å².